The molecule has 3 amide bonds. The van der Waals surface area contributed by atoms with E-state index in [1.807, 2.05) is 17.9 Å². The van der Waals surface area contributed by atoms with Crippen molar-refractivity contribution in [2.45, 2.75) is 51.7 Å². The third-order valence-corrected chi connectivity index (χ3v) is 6.85. The standard InChI is InChI=1S/C22H27N3O4S/c1-2-4-18(22(28)24-8-6-19-15(12-24)7-10-30-19)23-21(27)16-11-20(26)25(13-16)14-17-5-3-9-29-17/h3,5,7,9-10,16,18H,2,4,6,8,11-14H2,1H3,(H,23,27). The summed E-state index contributed by atoms with van der Waals surface area (Å²) in [6.45, 7) is 4.00. The number of nitrogens with one attached hydrogen (secondary N) is 1. The van der Waals surface area contributed by atoms with E-state index < -0.39 is 12.0 Å². The summed E-state index contributed by atoms with van der Waals surface area (Å²) in [7, 11) is 0. The fraction of sp³-hybridized carbons (Fsp3) is 0.500. The molecule has 1 N–H and O–H groups in total. The Hall–Kier alpha value is -2.61. The molecule has 0 spiro atoms. The highest BCUT2D eigenvalue weighted by molar-refractivity contribution is 7.10. The maximum Gasteiger partial charge on any atom is 0.245 e. The lowest BCUT2D eigenvalue weighted by atomic mass is 10.0. The van der Waals surface area contributed by atoms with Crippen molar-refractivity contribution in [3.8, 4) is 0 Å². The molecule has 0 aliphatic carbocycles. The Kier molecular flexibility index (Phi) is 6.22. The first-order valence-corrected chi connectivity index (χ1v) is 11.4. The van der Waals surface area contributed by atoms with Crippen LogP contribution in [-0.2, 0) is 33.9 Å². The average molecular weight is 430 g/mol. The molecule has 4 rings (SSSR count). The van der Waals surface area contributed by atoms with Crippen LogP contribution in [0.3, 0.4) is 0 Å². The van der Waals surface area contributed by atoms with E-state index >= 15 is 0 Å². The maximum absolute atomic E-state index is 13.1. The average Bonchev–Trinajstić information content (AvgIpc) is 3.48. The number of nitrogens with zero attached hydrogens (tertiary/aromatic N) is 2. The van der Waals surface area contributed by atoms with Gasteiger partial charge in [0.2, 0.25) is 17.7 Å². The Morgan fingerprint density at radius 2 is 2.23 bits per heavy atom. The molecular weight excluding hydrogens is 402 g/mol. The summed E-state index contributed by atoms with van der Waals surface area (Å²) in [6.07, 6.45) is 3.99. The zero-order valence-corrected chi connectivity index (χ0v) is 18.0. The highest BCUT2D eigenvalue weighted by Gasteiger charge is 2.37. The molecule has 160 valence electrons. The van der Waals surface area contributed by atoms with Crippen LogP contribution in [0.2, 0.25) is 0 Å². The lowest BCUT2D eigenvalue weighted by Gasteiger charge is -2.31. The molecule has 2 aromatic heterocycles. The molecule has 0 bridgehead atoms. The van der Waals surface area contributed by atoms with Crippen molar-refractivity contribution in [2.24, 2.45) is 5.92 Å². The van der Waals surface area contributed by atoms with Crippen LogP contribution in [0.1, 0.15) is 42.4 Å². The second-order valence-corrected chi connectivity index (χ2v) is 8.98. The largest absolute Gasteiger partial charge is 0.467 e. The van der Waals surface area contributed by atoms with Gasteiger partial charge in [0.1, 0.15) is 11.8 Å². The van der Waals surface area contributed by atoms with Crippen LogP contribution in [-0.4, -0.2) is 46.7 Å². The van der Waals surface area contributed by atoms with E-state index in [2.05, 4.69) is 16.8 Å². The minimum Gasteiger partial charge on any atom is -0.467 e. The highest BCUT2D eigenvalue weighted by Crippen LogP contribution is 2.25. The molecule has 8 heteroatoms. The number of hydrogen-bond donors (Lipinski definition) is 1. The van der Waals surface area contributed by atoms with Crippen LogP contribution in [0.25, 0.3) is 0 Å². The van der Waals surface area contributed by atoms with Gasteiger partial charge >= 0.3 is 0 Å². The summed E-state index contributed by atoms with van der Waals surface area (Å²) < 4.78 is 5.31. The molecule has 0 radical (unpaired) electrons. The number of fused-ring (bicyclic) bond motifs is 1. The van der Waals surface area contributed by atoms with Gasteiger partial charge in [0, 0.05) is 30.9 Å². The number of rotatable bonds is 7. The lowest BCUT2D eigenvalue weighted by Crippen LogP contribution is -2.51. The molecule has 1 fully saturated rings. The smallest absolute Gasteiger partial charge is 0.245 e. The second kappa shape index (κ2) is 9.04. The fourth-order valence-electron chi connectivity index (χ4n) is 4.18. The second-order valence-electron chi connectivity index (χ2n) is 7.98. The van der Waals surface area contributed by atoms with Gasteiger partial charge < -0.3 is 19.5 Å². The third-order valence-electron chi connectivity index (χ3n) is 5.82. The number of hydrogen-bond acceptors (Lipinski definition) is 5. The number of thiophene rings is 1. The quantitative estimate of drug-likeness (QED) is 0.733. The van der Waals surface area contributed by atoms with E-state index in [9.17, 15) is 14.4 Å². The molecule has 0 aromatic carbocycles. The van der Waals surface area contributed by atoms with Crippen molar-refractivity contribution in [1.29, 1.82) is 0 Å². The predicted molar refractivity (Wildman–Crippen MR) is 113 cm³/mol. The van der Waals surface area contributed by atoms with Crippen LogP contribution in [0.4, 0.5) is 0 Å². The summed E-state index contributed by atoms with van der Waals surface area (Å²) in [5, 5.41) is 5.01. The van der Waals surface area contributed by atoms with Gasteiger partial charge in [-0.25, -0.2) is 0 Å². The van der Waals surface area contributed by atoms with E-state index in [1.165, 1.54) is 10.4 Å². The van der Waals surface area contributed by atoms with Crippen molar-refractivity contribution < 1.29 is 18.8 Å². The van der Waals surface area contributed by atoms with Crippen molar-refractivity contribution in [3.63, 3.8) is 0 Å². The van der Waals surface area contributed by atoms with Crippen molar-refractivity contribution in [2.75, 3.05) is 13.1 Å². The molecule has 2 aliphatic heterocycles. The third kappa shape index (κ3) is 4.43. The highest BCUT2D eigenvalue weighted by atomic mass is 32.1. The van der Waals surface area contributed by atoms with Crippen LogP contribution < -0.4 is 5.32 Å². The van der Waals surface area contributed by atoms with Gasteiger partial charge in [-0.1, -0.05) is 13.3 Å². The minimum absolute atomic E-state index is 0.0289. The molecule has 2 aliphatic rings. The van der Waals surface area contributed by atoms with E-state index in [0.717, 1.165) is 12.8 Å². The number of amides is 3. The topological polar surface area (TPSA) is 82.9 Å². The molecule has 2 atom stereocenters. The maximum atomic E-state index is 13.1. The summed E-state index contributed by atoms with van der Waals surface area (Å²) >= 11 is 1.74. The molecule has 2 unspecified atom stereocenters. The fourth-order valence-corrected chi connectivity index (χ4v) is 5.07. The molecule has 0 saturated carbocycles. The van der Waals surface area contributed by atoms with Crippen LogP contribution in [0, 0.1) is 5.92 Å². The Morgan fingerprint density at radius 3 is 3.00 bits per heavy atom. The van der Waals surface area contributed by atoms with Crippen molar-refractivity contribution in [1.82, 2.24) is 15.1 Å². The van der Waals surface area contributed by atoms with Gasteiger partial charge in [-0.05, 0) is 42.0 Å². The Bertz CT molecular complexity index is 907. The molecule has 1 saturated heterocycles. The minimum atomic E-state index is -0.545. The Morgan fingerprint density at radius 1 is 1.37 bits per heavy atom. The summed E-state index contributed by atoms with van der Waals surface area (Å²) in [5.41, 5.74) is 1.20. The van der Waals surface area contributed by atoms with E-state index in [4.69, 9.17) is 4.42 Å². The molecule has 7 nitrogen and oxygen atoms in total. The Balaban J connectivity index is 1.36. The van der Waals surface area contributed by atoms with Gasteiger partial charge in [0.15, 0.2) is 0 Å². The lowest BCUT2D eigenvalue weighted by molar-refractivity contribution is -0.138. The molecular formula is C22H27N3O4S. The molecule has 2 aromatic rings. The summed E-state index contributed by atoms with van der Waals surface area (Å²) in [5.74, 6) is -0.0547. The normalized spacial score (nSPS) is 19.6. The van der Waals surface area contributed by atoms with Crippen LogP contribution >= 0.6 is 11.3 Å². The van der Waals surface area contributed by atoms with Gasteiger partial charge in [-0.15, -0.1) is 11.3 Å². The van der Waals surface area contributed by atoms with Crippen LogP contribution in [0.5, 0.6) is 0 Å². The number of carbonyl (C=O) groups excluding carboxylic acids is 3. The SMILES string of the molecule is CCCC(NC(=O)C1CC(=O)N(Cc2ccco2)C1)C(=O)N1CCc2sccc2C1. The van der Waals surface area contributed by atoms with Crippen molar-refractivity contribution in [3.05, 3.63) is 46.0 Å². The van der Waals surface area contributed by atoms with Crippen molar-refractivity contribution >= 4 is 29.1 Å². The Labute approximate surface area is 180 Å². The zero-order chi connectivity index (χ0) is 21.1. The molecule has 30 heavy (non-hydrogen) atoms. The van der Waals surface area contributed by atoms with E-state index in [0.29, 0.717) is 38.4 Å². The number of likely N-dealkylation sites (tertiary alicyclic amines) is 1. The summed E-state index contributed by atoms with van der Waals surface area (Å²) in [4.78, 5) is 43.2. The van der Waals surface area contributed by atoms with Crippen LogP contribution in [0.15, 0.2) is 34.3 Å². The first-order valence-electron chi connectivity index (χ1n) is 10.5. The predicted octanol–water partition coefficient (Wildman–Crippen LogP) is 2.56. The molecule has 4 heterocycles. The number of carbonyl (C=O) groups is 3. The zero-order valence-electron chi connectivity index (χ0n) is 17.1. The van der Waals surface area contributed by atoms with E-state index in [1.54, 1.807) is 28.6 Å². The number of furan rings is 1. The first-order chi connectivity index (χ1) is 14.5. The van der Waals surface area contributed by atoms with Gasteiger partial charge in [-0.2, -0.15) is 0 Å². The van der Waals surface area contributed by atoms with E-state index in [-0.39, 0.29) is 24.1 Å². The first kappa shape index (κ1) is 20.7. The van der Waals surface area contributed by atoms with Gasteiger partial charge in [0.05, 0.1) is 18.7 Å². The van der Waals surface area contributed by atoms with Gasteiger partial charge in [-0.3, -0.25) is 14.4 Å². The van der Waals surface area contributed by atoms with Gasteiger partial charge in [0.25, 0.3) is 0 Å². The monoisotopic (exact) mass is 429 g/mol. The summed E-state index contributed by atoms with van der Waals surface area (Å²) in [6, 6.07) is 5.12.